The van der Waals surface area contributed by atoms with E-state index >= 15 is 0 Å². The van der Waals surface area contributed by atoms with Crippen molar-refractivity contribution in [3.63, 3.8) is 0 Å². The minimum atomic E-state index is 0.167. The molecule has 3 nitrogen and oxygen atoms in total. The molecule has 11 heavy (non-hydrogen) atoms. The molecule has 2 rings (SSSR count). The van der Waals surface area contributed by atoms with Gasteiger partial charge in [-0.3, -0.25) is 0 Å². The van der Waals surface area contributed by atoms with Gasteiger partial charge in [0.25, 0.3) is 0 Å². The first-order chi connectivity index (χ1) is 5.29. The van der Waals surface area contributed by atoms with Crippen LogP contribution in [-0.2, 0) is 6.54 Å². The van der Waals surface area contributed by atoms with Gasteiger partial charge in [0.1, 0.15) is 4.60 Å². The lowest BCUT2D eigenvalue weighted by Crippen LogP contribution is -2.21. The van der Waals surface area contributed by atoms with Gasteiger partial charge in [-0.05, 0) is 28.8 Å². The van der Waals surface area contributed by atoms with Crippen molar-refractivity contribution in [1.82, 2.24) is 9.55 Å². The molecular formula is C7H10BrN3. The van der Waals surface area contributed by atoms with Crippen LogP contribution in [0, 0.1) is 0 Å². The average Bonchev–Trinajstić information content (AvgIpc) is 2.34. The summed E-state index contributed by atoms with van der Waals surface area (Å²) in [5, 5.41) is 0. The predicted molar refractivity (Wildman–Crippen MR) is 46.1 cm³/mol. The van der Waals surface area contributed by atoms with Crippen molar-refractivity contribution in [3.8, 4) is 0 Å². The highest BCUT2D eigenvalue weighted by molar-refractivity contribution is 9.10. The van der Waals surface area contributed by atoms with Crippen LogP contribution in [0.25, 0.3) is 0 Å². The van der Waals surface area contributed by atoms with E-state index in [2.05, 4.69) is 25.5 Å². The number of aromatic nitrogens is 2. The molecule has 1 aromatic heterocycles. The van der Waals surface area contributed by atoms with Gasteiger partial charge in [-0.2, -0.15) is 0 Å². The van der Waals surface area contributed by atoms with Crippen molar-refractivity contribution in [2.75, 3.05) is 0 Å². The van der Waals surface area contributed by atoms with Crippen LogP contribution in [0.3, 0.4) is 0 Å². The molecule has 1 aliphatic rings. The predicted octanol–water partition coefficient (Wildman–Crippen LogP) is 1.44. The molecule has 0 fully saturated rings. The van der Waals surface area contributed by atoms with Gasteiger partial charge in [0.2, 0.25) is 0 Å². The van der Waals surface area contributed by atoms with Gasteiger partial charge >= 0.3 is 0 Å². The Morgan fingerprint density at radius 3 is 3.27 bits per heavy atom. The van der Waals surface area contributed by atoms with E-state index in [1.807, 2.05) is 6.33 Å². The first-order valence-electron chi connectivity index (χ1n) is 3.75. The third kappa shape index (κ3) is 1.10. The van der Waals surface area contributed by atoms with Gasteiger partial charge in [-0.25, -0.2) is 4.98 Å². The standard InChI is InChI=1S/C7H10BrN3/c8-7-6-5(9)2-1-3-11(6)4-10-7/h4-5H,1-3,9H2. The van der Waals surface area contributed by atoms with Gasteiger partial charge in [0.05, 0.1) is 12.0 Å². The number of hydrogen-bond donors (Lipinski definition) is 1. The van der Waals surface area contributed by atoms with Crippen molar-refractivity contribution in [2.24, 2.45) is 5.73 Å². The first-order valence-corrected chi connectivity index (χ1v) is 4.54. The summed E-state index contributed by atoms with van der Waals surface area (Å²) in [7, 11) is 0. The summed E-state index contributed by atoms with van der Waals surface area (Å²) < 4.78 is 3.03. The minimum Gasteiger partial charge on any atom is -0.332 e. The molecule has 0 spiro atoms. The zero-order valence-corrected chi connectivity index (χ0v) is 7.71. The highest BCUT2D eigenvalue weighted by Crippen LogP contribution is 2.27. The Labute approximate surface area is 73.7 Å². The van der Waals surface area contributed by atoms with Crippen LogP contribution < -0.4 is 5.73 Å². The SMILES string of the molecule is NC1CCCn2cnc(Br)c21. The molecule has 2 N–H and O–H groups in total. The molecule has 1 aliphatic heterocycles. The number of imidazole rings is 1. The van der Waals surface area contributed by atoms with Crippen molar-refractivity contribution in [3.05, 3.63) is 16.6 Å². The van der Waals surface area contributed by atoms with Crippen LogP contribution >= 0.6 is 15.9 Å². The Balaban J connectivity index is 2.48. The van der Waals surface area contributed by atoms with E-state index in [-0.39, 0.29) is 6.04 Å². The van der Waals surface area contributed by atoms with Crippen LogP contribution in [0.15, 0.2) is 10.9 Å². The second kappa shape index (κ2) is 2.60. The van der Waals surface area contributed by atoms with Crippen molar-refractivity contribution in [2.45, 2.75) is 25.4 Å². The molecule has 4 heteroatoms. The molecule has 1 aromatic rings. The largest absolute Gasteiger partial charge is 0.332 e. The zero-order valence-electron chi connectivity index (χ0n) is 6.13. The van der Waals surface area contributed by atoms with Crippen molar-refractivity contribution in [1.29, 1.82) is 0 Å². The Hall–Kier alpha value is -0.350. The molecule has 0 saturated heterocycles. The second-order valence-corrected chi connectivity index (χ2v) is 3.61. The molecule has 2 heterocycles. The lowest BCUT2D eigenvalue weighted by Gasteiger charge is -2.20. The molecule has 0 saturated carbocycles. The monoisotopic (exact) mass is 215 g/mol. The van der Waals surface area contributed by atoms with Crippen LogP contribution in [-0.4, -0.2) is 9.55 Å². The zero-order chi connectivity index (χ0) is 7.84. The van der Waals surface area contributed by atoms with Gasteiger partial charge in [0.15, 0.2) is 0 Å². The van der Waals surface area contributed by atoms with Gasteiger partial charge < -0.3 is 10.3 Å². The molecule has 1 unspecified atom stereocenters. The third-order valence-corrected chi connectivity index (χ3v) is 2.71. The normalized spacial score (nSPS) is 23.3. The number of nitrogens with two attached hydrogens (primary N) is 1. The topological polar surface area (TPSA) is 43.8 Å². The Kier molecular flexibility index (Phi) is 1.73. The van der Waals surface area contributed by atoms with E-state index in [1.54, 1.807) is 0 Å². The lowest BCUT2D eigenvalue weighted by atomic mass is 10.1. The Morgan fingerprint density at radius 1 is 1.73 bits per heavy atom. The maximum absolute atomic E-state index is 5.90. The fraction of sp³-hybridized carbons (Fsp3) is 0.571. The molecule has 0 aliphatic carbocycles. The lowest BCUT2D eigenvalue weighted by molar-refractivity contribution is 0.461. The van der Waals surface area contributed by atoms with Crippen LogP contribution in [0.5, 0.6) is 0 Å². The molecule has 0 radical (unpaired) electrons. The third-order valence-electron chi connectivity index (χ3n) is 2.10. The highest BCUT2D eigenvalue weighted by atomic mass is 79.9. The van der Waals surface area contributed by atoms with Crippen molar-refractivity contribution < 1.29 is 0 Å². The molecular weight excluding hydrogens is 206 g/mol. The minimum absolute atomic E-state index is 0.167. The van der Waals surface area contributed by atoms with Crippen LogP contribution in [0.1, 0.15) is 24.6 Å². The Morgan fingerprint density at radius 2 is 2.55 bits per heavy atom. The van der Waals surface area contributed by atoms with Gasteiger partial charge in [0, 0.05) is 12.6 Å². The molecule has 0 bridgehead atoms. The van der Waals surface area contributed by atoms with Crippen LogP contribution in [0.2, 0.25) is 0 Å². The maximum atomic E-state index is 5.90. The summed E-state index contributed by atoms with van der Waals surface area (Å²) in [6.45, 7) is 1.06. The molecule has 0 amide bonds. The summed E-state index contributed by atoms with van der Waals surface area (Å²) >= 11 is 3.38. The number of rotatable bonds is 0. The highest BCUT2D eigenvalue weighted by Gasteiger charge is 2.19. The Bertz CT molecular complexity index is 269. The van der Waals surface area contributed by atoms with E-state index in [9.17, 15) is 0 Å². The summed E-state index contributed by atoms with van der Waals surface area (Å²) in [5.74, 6) is 0. The summed E-state index contributed by atoms with van der Waals surface area (Å²) in [6, 6.07) is 0.167. The average molecular weight is 216 g/mol. The summed E-state index contributed by atoms with van der Waals surface area (Å²) in [4.78, 5) is 4.15. The van der Waals surface area contributed by atoms with Crippen molar-refractivity contribution >= 4 is 15.9 Å². The molecule has 0 aromatic carbocycles. The van der Waals surface area contributed by atoms with E-state index in [4.69, 9.17) is 5.73 Å². The second-order valence-electron chi connectivity index (χ2n) is 2.86. The number of halogens is 1. The quantitative estimate of drug-likeness (QED) is 0.713. The summed E-state index contributed by atoms with van der Waals surface area (Å²) in [6.07, 6.45) is 4.08. The maximum Gasteiger partial charge on any atom is 0.128 e. The van der Waals surface area contributed by atoms with Crippen LogP contribution in [0.4, 0.5) is 0 Å². The number of hydrogen-bond acceptors (Lipinski definition) is 2. The van der Waals surface area contributed by atoms with E-state index < -0.39 is 0 Å². The molecule has 60 valence electrons. The number of fused-ring (bicyclic) bond motifs is 1. The fourth-order valence-corrected chi connectivity index (χ4v) is 2.14. The summed E-state index contributed by atoms with van der Waals surface area (Å²) in [5.41, 5.74) is 7.05. The smallest absolute Gasteiger partial charge is 0.128 e. The first kappa shape index (κ1) is 7.31. The number of nitrogens with zero attached hydrogens (tertiary/aromatic N) is 2. The molecule has 1 atom stereocenters. The van der Waals surface area contributed by atoms with Gasteiger partial charge in [-0.15, -0.1) is 0 Å². The van der Waals surface area contributed by atoms with E-state index in [1.165, 1.54) is 0 Å². The van der Waals surface area contributed by atoms with Gasteiger partial charge in [-0.1, -0.05) is 0 Å². The number of aryl methyl sites for hydroxylation is 1. The van der Waals surface area contributed by atoms with E-state index in [0.717, 1.165) is 29.7 Å². The fourth-order valence-electron chi connectivity index (χ4n) is 1.53. The van der Waals surface area contributed by atoms with E-state index in [0.29, 0.717) is 0 Å².